The van der Waals surface area contributed by atoms with Gasteiger partial charge < -0.3 is 13.8 Å². The fourth-order valence-electron chi connectivity index (χ4n) is 2.73. The first-order valence-electron chi connectivity index (χ1n) is 8.17. The van der Waals surface area contributed by atoms with Gasteiger partial charge in [0.2, 0.25) is 5.89 Å². The first kappa shape index (κ1) is 16.1. The van der Waals surface area contributed by atoms with Crippen LogP contribution in [0.15, 0.2) is 57.7 Å². The minimum Gasteiger partial charge on any atom is -0.444 e. The molecule has 0 N–H and O–H groups in total. The van der Waals surface area contributed by atoms with Crippen LogP contribution < -0.4 is 0 Å². The second-order valence-corrected chi connectivity index (χ2v) is 6.35. The van der Waals surface area contributed by atoms with Gasteiger partial charge in [0.05, 0.1) is 5.39 Å². The predicted molar refractivity (Wildman–Crippen MR) is 97.7 cm³/mol. The molecule has 0 bridgehead atoms. The zero-order valence-corrected chi connectivity index (χ0v) is 14.7. The quantitative estimate of drug-likeness (QED) is 0.556. The highest BCUT2D eigenvalue weighted by molar-refractivity contribution is 6.00. The molecule has 2 heterocycles. The molecule has 0 aliphatic heterocycles. The van der Waals surface area contributed by atoms with Crippen LogP contribution in [0, 0.1) is 6.92 Å². The van der Waals surface area contributed by atoms with Gasteiger partial charge >= 0.3 is 0 Å². The van der Waals surface area contributed by atoms with E-state index >= 15 is 0 Å². The first-order valence-corrected chi connectivity index (χ1v) is 8.17. The van der Waals surface area contributed by atoms with E-state index in [1.807, 2.05) is 31.2 Å². The lowest BCUT2D eigenvalue weighted by atomic mass is 10.1. The number of aromatic nitrogens is 2. The Bertz CT molecular complexity index is 1090. The number of benzene rings is 2. The van der Waals surface area contributed by atoms with Crippen LogP contribution in [0.4, 0.5) is 0 Å². The van der Waals surface area contributed by atoms with E-state index in [0.29, 0.717) is 28.4 Å². The van der Waals surface area contributed by atoms with Gasteiger partial charge in [-0.15, -0.1) is 0 Å². The van der Waals surface area contributed by atoms with Crippen molar-refractivity contribution in [3.63, 3.8) is 0 Å². The van der Waals surface area contributed by atoms with Crippen molar-refractivity contribution in [2.24, 2.45) is 0 Å². The second kappa shape index (κ2) is 6.15. The molecule has 0 aliphatic rings. The molecule has 0 saturated heterocycles. The molecule has 0 spiro atoms. The summed E-state index contributed by atoms with van der Waals surface area (Å²) in [6, 6.07) is 13.2. The third-order valence-corrected chi connectivity index (χ3v) is 4.17. The van der Waals surface area contributed by atoms with E-state index in [1.165, 1.54) is 10.5 Å². The monoisotopic (exact) mass is 347 g/mol. The molecule has 4 aromatic rings. The van der Waals surface area contributed by atoms with Gasteiger partial charge in [-0.1, -0.05) is 22.9 Å². The van der Waals surface area contributed by atoms with Crippen molar-refractivity contribution in [1.82, 2.24) is 15.0 Å². The number of carbonyl (C=O) groups excluding carboxylic acids is 1. The fourth-order valence-corrected chi connectivity index (χ4v) is 2.73. The highest BCUT2D eigenvalue weighted by Gasteiger charge is 2.18. The Morgan fingerprint density at radius 1 is 1.08 bits per heavy atom. The van der Waals surface area contributed by atoms with Gasteiger partial charge in [0, 0.05) is 25.2 Å². The Balaban J connectivity index is 1.76. The number of hydrogen-bond donors (Lipinski definition) is 0. The summed E-state index contributed by atoms with van der Waals surface area (Å²) in [4.78, 5) is 18.3. The van der Waals surface area contributed by atoms with Crippen molar-refractivity contribution in [2.45, 2.75) is 6.92 Å². The van der Waals surface area contributed by atoms with Crippen LogP contribution in [0.2, 0.25) is 0 Å². The number of aryl methyl sites for hydroxylation is 1. The van der Waals surface area contributed by atoms with Gasteiger partial charge in [0.25, 0.3) is 5.91 Å². The van der Waals surface area contributed by atoms with Crippen molar-refractivity contribution in [3.8, 4) is 22.8 Å². The van der Waals surface area contributed by atoms with Crippen LogP contribution in [0.1, 0.15) is 15.9 Å². The van der Waals surface area contributed by atoms with Crippen LogP contribution in [0.25, 0.3) is 33.8 Å². The molecule has 0 radical (unpaired) electrons. The molecule has 130 valence electrons. The number of amides is 1. The van der Waals surface area contributed by atoms with Crippen molar-refractivity contribution in [1.29, 1.82) is 0 Å². The lowest BCUT2D eigenvalue weighted by Gasteiger charge is -2.09. The smallest absolute Gasteiger partial charge is 0.253 e. The molecule has 6 nitrogen and oxygen atoms in total. The molecule has 0 unspecified atom stereocenters. The van der Waals surface area contributed by atoms with Gasteiger partial charge in [-0.2, -0.15) is 0 Å². The summed E-state index contributed by atoms with van der Waals surface area (Å²) >= 11 is 0. The van der Waals surface area contributed by atoms with Crippen molar-refractivity contribution >= 4 is 16.9 Å². The maximum absolute atomic E-state index is 12.2. The highest BCUT2D eigenvalue weighted by Crippen LogP contribution is 2.30. The van der Waals surface area contributed by atoms with Gasteiger partial charge in [-0.05, 0) is 37.3 Å². The molecule has 26 heavy (non-hydrogen) atoms. The summed E-state index contributed by atoms with van der Waals surface area (Å²) in [7, 11) is 3.43. The number of carbonyl (C=O) groups is 1. The molecule has 1 amide bonds. The van der Waals surface area contributed by atoms with E-state index in [-0.39, 0.29) is 5.91 Å². The van der Waals surface area contributed by atoms with Gasteiger partial charge in [0.1, 0.15) is 17.7 Å². The van der Waals surface area contributed by atoms with E-state index in [0.717, 1.165) is 10.9 Å². The number of fused-ring (bicyclic) bond motifs is 1. The fraction of sp³-hybridized carbons (Fsp3) is 0.150. The average Bonchev–Trinajstić information content (AvgIpc) is 3.27. The van der Waals surface area contributed by atoms with E-state index in [4.69, 9.17) is 8.94 Å². The van der Waals surface area contributed by atoms with E-state index in [2.05, 4.69) is 10.1 Å². The number of rotatable bonds is 3. The van der Waals surface area contributed by atoms with Crippen LogP contribution in [-0.2, 0) is 0 Å². The van der Waals surface area contributed by atoms with Crippen LogP contribution >= 0.6 is 0 Å². The Morgan fingerprint density at radius 3 is 2.58 bits per heavy atom. The first-order chi connectivity index (χ1) is 12.5. The van der Waals surface area contributed by atoms with Crippen molar-refractivity contribution in [3.05, 3.63) is 59.9 Å². The maximum atomic E-state index is 12.2. The summed E-state index contributed by atoms with van der Waals surface area (Å²) in [6.45, 7) is 2.03. The van der Waals surface area contributed by atoms with Crippen LogP contribution in [-0.4, -0.2) is 35.0 Å². The van der Waals surface area contributed by atoms with Gasteiger partial charge in [-0.25, -0.2) is 4.98 Å². The SMILES string of the molecule is Cc1ccc(-c2nc(-c3noc4ccc(C(=O)N(C)C)cc34)co2)cc1. The zero-order chi connectivity index (χ0) is 18.3. The Hall–Kier alpha value is -3.41. The summed E-state index contributed by atoms with van der Waals surface area (Å²) in [5.74, 6) is 0.427. The minimum atomic E-state index is -0.0838. The number of hydrogen-bond acceptors (Lipinski definition) is 5. The Labute approximate surface area is 150 Å². The zero-order valence-electron chi connectivity index (χ0n) is 14.7. The molecular weight excluding hydrogens is 330 g/mol. The van der Waals surface area contributed by atoms with Crippen molar-refractivity contribution in [2.75, 3.05) is 14.1 Å². The summed E-state index contributed by atoms with van der Waals surface area (Å²) < 4.78 is 11.0. The van der Waals surface area contributed by atoms with Gasteiger partial charge in [-0.3, -0.25) is 4.79 Å². The predicted octanol–water partition coefficient (Wildman–Crippen LogP) is 4.16. The van der Waals surface area contributed by atoms with Crippen molar-refractivity contribution < 1.29 is 13.7 Å². The van der Waals surface area contributed by atoms with Gasteiger partial charge in [0.15, 0.2) is 5.58 Å². The molecule has 0 aliphatic carbocycles. The molecule has 6 heteroatoms. The average molecular weight is 347 g/mol. The van der Waals surface area contributed by atoms with Crippen LogP contribution in [0.5, 0.6) is 0 Å². The maximum Gasteiger partial charge on any atom is 0.253 e. The molecule has 2 aromatic carbocycles. The topological polar surface area (TPSA) is 72.4 Å². The molecule has 4 rings (SSSR count). The molecule has 0 fully saturated rings. The Morgan fingerprint density at radius 2 is 1.85 bits per heavy atom. The third-order valence-electron chi connectivity index (χ3n) is 4.17. The normalized spacial score (nSPS) is 11.0. The molecular formula is C20H17N3O3. The summed E-state index contributed by atoms with van der Waals surface area (Å²) in [5, 5.41) is 4.83. The largest absolute Gasteiger partial charge is 0.444 e. The van der Waals surface area contributed by atoms with E-state index in [9.17, 15) is 4.79 Å². The third kappa shape index (κ3) is 2.75. The minimum absolute atomic E-state index is 0.0838. The summed E-state index contributed by atoms with van der Waals surface area (Å²) in [5.41, 5.74) is 4.33. The molecule has 2 aromatic heterocycles. The van der Waals surface area contributed by atoms with Crippen LogP contribution in [0.3, 0.4) is 0 Å². The number of oxazole rings is 1. The molecule has 0 saturated carbocycles. The van der Waals surface area contributed by atoms with E-state index < -0.39 is 0 Å². The lowest BCUT2D eigenvalue weighted by Crippen LogP contribution is -2.21. The highest BCUT2D eigenvalue weighted by atomic mass is 16.5. The Kier molecular flexibility index (Phi) is 3.80. The second-order valence-electron chi connectivity index (χ2n) is 6.35. The number of nitrogens with zero attached hydrogens (tertiary/aromatic N) is 3. The summed E-state index contributed by atoms with van der Waals surface area (Å²) in [6.07, 6.45) is 1.55. The standard InChI is InChI=1S/C20H17N3O3/c1-12-4-6-13(7-5-12)19-21-16(11-25-19)18-15-10-14(20(24)23(2)3)8-9-17(15)26-22-18/h4-11H,1-3H3. The van der Waals surface area contributed by atoms with E-state index in [1.54, 1.807) is 38.6 Å². The molecule has 0 atom stereocenters. The lowest BCUT2D eigenvalue weighted by molar-refractivity contribution is 0.0828.